The number of rotatable bonds is 8. The third-order valence-corrected chi connectivity index (χ3v) is 3.25. The van der Waals surface area contributed by atoms with E-state index >= 15 is 0 Å². The molecule has 0 spiro atoms. The Morgan fingerprint density at radius 2 is 1.78 bits per heavy atom. The van der Waals surface area contributed by atoms with Crippen molar-refractivity contribution in [3.05, 3.63) is 0 Å². The number of carboxylic acid groups (broad SMARTS) is 1. The lowest BCUT2D eigenvalue weighted by molar-refractivity contribution is -0.170. The number of hydrogen-bond donors (Lipinski definition) is 1. The maximum absolute atomic E-state index is 12.0. The van der Waals surface area contributed by atoms with Gasteiger partial charge < -0.3 is 9.84 Å². The molecule has 0 rings (SSSR count). The number of aliphatic carboxylic acids is 1. The molecular weight excluding hydrogens is 232 g/mol. The van der Waals surface area contributed by atoms with Crippen LogP contribution in [-0.4, -0.2) is 23.7 Å². The smallest absolute Gasteiger partial charge is 0.323 e. The summed E-state index contributed by atoms with van der Waals surface area (Å²) in [6.45, 7) is 9.81. The molecule has 0 aliphatic carbocycles. The summed E-state index contributed by atoms with van der Waals surface area (Å²) >= 11 is 0. The fourth-order valence-electron chi connectivity index (χ4n) is 2.45. The molecule has 0 aliphatic heterocycles. The molecule has 106 valence electrons. The second-order valence-corrected chi connectivity index (χ2v) is 5.40. The summed E-state index contributed by atoms with van der Waals surface area (Å²) < 4.78 is 4.95. The van der Waals surface area contributed by atoms with Gasteiger partial charge in [0.15, 0.2) is 5.41 Å². The van der Waals surface area contributed by atoms with Crippen LogP contribution in [0.4, 0.5) is 0 Å². The third-order valence-electron chi connectivity index (χ3n) is 3.25. The molecule has 0 aliphatic rings. The van der Waals surface area contributed by atoms with Gasteiger partial charge in [0.1, 0.15) is 0 Å². The Kier molecular flexibility index (Phi) is 6.96. The molecular formula is C14H26O4. The Morgan fingerprint density at radius 1 is 1.22 bits per heavy atom. The highest BCUT2D eigenvalue weighted by molar-refractivity contribution is 5.99. The van der Waals surface area contributed by atoms with E-state index in [0.717, 1.165) is 6.42 Å². The molecule has 4 nitrogen and oxygen atoms in total. The SMILES string of the molecule is CCOC(=O)C(CC)(CC(C)CC(C)C)C(=O)O. The summed E-state index contributed by atoms with van der Waals surface area (Å²) in [6, 6.07) is 0. The van der Waals surface area contributed by atoms with Gasteiger partial charge in [-0.25, -0.2) is 0 Å². The summed E-state index contributed by atoms with van der Waals surface area (Å²) in [5.41, 5.74) is -1.38. The van der Waals surface area contributed by atoms with Crippen molar-refractivity contribution < 1.29 is 19.4 Å². The van der Waals surface area contributed by atoms with E-state index in [1.165, 1.54) is 0 Å². The largest absolute Gasteiger partial charge is 0.480 e. The Bertz CT molecular complexity index is 286. The second kappa shape index (κ2) is 7.39. The quantitative estimate of drug-likeness (QED) is 0.536. The van der Waals surface area contributed by atoms with Crippen LogP contribution in [0.2, 0.25) is 0 Å². The summed E-state index contributed by atoms with van der Waals surface area (Å²) in [5, 5.41) is 9.40. The van der Waals surface area contributed by atoms with Gasteiger partial charge in [0.05, 0.1) is 6.61 Å². The van der Waals surface area contributed by atoms with E-state index in [9.17, 15) is 14.7 Å². The van der Waals surface area contributed by atoms with Crippen molar-refractivity contribution in [2.24, 2.45) is 17.3 Å². The zero-order chi connectivity index (χ0) is 14.3. The van der Waals surface area contributed by atoms with Gasteiger partial charge in [-0.1, -0.05) is 27.7 Å². The van der Waals surface area contributed by atoms with Crippen LogP contribution in [0.5, 0.6) is 0 Å². The highest BCUT2D eigenvalue weighted by Crippen LogP contribution is 2.34. The van der Waals surface area contributed by atoms with Crippen LogP contribution in [0.1, 0.15) is 53.9 Å². The van der Waals surface area contributed by atoms with Crippen LogP contribution >= 0.6 is 0 Å². The molecule has 0 saturated carbocycles. The van der Waals surface area contributed by atoms with Crippen molar-refractivity contribution in [3.63, 3.8) is 0 Å². The summed E-state index contributed by atoms with van der Waals surface area (Å²) in [5.74, 6) is -0.995. The second-order valence-electron chi connectivity index (χ2n) is 5.40. The maximum atomic E-state index is 12.0. The van der Waals surface area contributed by atoms with E-state index < -0.39 is 17.4 Å². The lowest BCUT2D eigenvalue weighted by atomic mass is 9.75. The van der Waals surface area contributed by atoms with E-state index in [2.05, 4.69) is 13.8 Å². The lowest BCUT2D eigenvalue weighted by Gasteiger charge is -2.29. The summed E-state index contributed by atoms with van der Waals surface area (Å²) in [7, 11) is 0. The standard InChI is InChI=1S/C14H26O4/c1-6-14(12(15)16,13(17)18-7-2)9-11(5)8-10(3)4/h10-11H,6-9H2,1-5H3,(H,15,16). The molecule has 1 N–H and O–H groups in total. The minimum absolute atomic E-state index is 0.186. The zero-order valence-electron chi connectivity index (χ0n) is 12.2. The average molecular weight is 258 g/mol. The number of carboxylic acids is 1. The first kappa shape index (κ1) is 16.9. The van der Waals surface area contributed by atoms with Gasteiger partial charge in [-0.05, 0) is 38.0 Å². The van der Waals surface area contributed by atoms with Gasteiger partial charge in [0.25, 0.3) is 0 Å². The number of hydrogen-bond acceptors (Lipinski definition) is 3. The molecule has 18 heavy (non-hydrogen) atoms. The first-order chi connectivity index (χ1) is 8.30. The fraction of sp³-hybridized carbons (Fsp3) is 0.857. The van der Waals surface area contributed by atoms with Gasteiger partial charge in [-0.2, -0.15) is 0 Å². The van der Waals surface area contributed by atoms with Crippen molar-refractivity contribution in [2.45, 2.75) is 53.9 Å². The summed E-state index contributed by atoms with van der Waals surface area (Å²) in [4.78, 5) is 23.4. The number of carbonyl (C=O) groups excluding carboxylic acids is 1. The van der Waals surface area contributed by atoms with Crippen LogP contribution in [0.15, 0.2) is 0 Å². The van der Waals surface area contributed by atoms with E-state index in [4.69, 9.17) is 4.74 Å². The normalized spacial score (nSPS) is 16.1. The highest BCUT2D eigenvalue weighted by Gasteiger charge is 2.46. The molecule has 0 amide bonds. The van der Waals surface area contributed by atoms with E-state index in [-0.39, 0.29) is 18.9 Å². The molecule has 0 aromatic heterocycles. The third kappa shape index (κ3) is 4.31. The van der Waals surface area contributed by atoms with Crippen molar-refractivity contribution in [1.82, 2.24) is 0 Å². The van der Waals surface area contributed by atoms with Crippen LogP contribution in [0, 0.1) is 17.3 Å². The van der Waals surface area contributed by atoms with Gasteiger partial charge in [-0.3, -0.25) is 9.59 Å². The Morgan fingerprint density at radius 3 is 2.11 bits per heavy atom. The van der Waals surface area contributed by atoms with Crippen molar-refractivity contribution in [3.8, 4) is 0 Å². The van der Waals surface area contributed by atoms with E-state index in [1.54, 1.807) is 13.8 Å². The molecule has 0 radical (unpaired) electrons. The van der Waals surface area contributed by atoms with E-state index in [1.807, 2.05) is 6.92 Å². The Balaban J connectivity index is 4.98. The van der Waals surface area contributed by atoms with Crippen molar-refractivity contribution in [1.29, 1.82) is 0 Å². The van der Waals surface area contributed by atoms with E-state index in [0.29, 0.717) is 12.3 Å². The van der Waals surface area contributed by atoms with Crippen LogP contribution < -0.4 is 0 Å². The molecule has 0 bridgehead atoms. The zero-order valence-corrected chi connectivity index (χ0v) is 12.2. The van der Waals surface area contributed by atoms with Crippen LogP contribution in [0.3, 0.4) is 0 Å². The average Bonchev–Trinajstić information content (AvgIpc) is 2.24. The molecule has 0 aromatic carbocycles. The minimum Gasteiger partial charge on any atom is -0.480 e. The van der Waals surface area contributed by atoms with Gasteiger partial charge in [0.2, 0.25) is 0 Å². The van der Waals surface area contributed by atoms with Crippen molar-refractivity contribution in [2.75, 3.05) is 6.61 Å². The van der Waals surface area contributed by atoms with Gasteiger partial charge in [-0.15, -0.1) is 0 Å². The monoisotopic (exact) mass is 258 g/mol. The van der Waals surface area contributed by atoms with Gasteiger partial charge >= 0.3 is 11.9 Å². The number of esters is 1. The fourth-order valence-corrected chi connectivity index (χ4v) is 2.45. The van der Waals surface area contributed by atoms with Gasteiger partial charge in [0, 0.05) is 0 Å². The number of carbonyl (C=O) groups is 2. The highest BCUT2D eigenvalue weighted by atomic mass is 16.5. The molecule has 0 fully saturated rings. The van der Waals surface area contributed by atoms with Crippen LogP contribution in [0.25, 0.3) is 0 Å². The Hall–Kier alpha value is -1.06. The number of ether oxygens (including phenoxy) is 1. The molecule has 0 heterocycles. The predicted octanol–water partition coefficient (Wildman–Crippen LogP) is 3.10. The lowest BCUT2D eigenvalue weighted by Crippen LogP contribution is -2.41. The topological polar surface area (TPSA) is 63.6 Å². The summed E-state index contributed by atoms with van der Waals surface area (Å²) in [6.07, 6.45) is 1.52. The molecule has 4 heteroatoms. The first-order valence-corrected chi connectivity index (χ1v) is 6.70. The molecule has 2 atom stereocenters. The molecule has 0 aromatic rings. The minimum atomic E-state index is -1.38. The predicted molar refractivity (Wildman–Crippen MR) is 70.2 cm³/mol. The van der Waals surface area contributed by atoms with Crippen molar-refractivity contribution >= 4 is 11.9 Å². The molecule has 0 saturated heterocycles. The van der Waals surface area contributed by atoms with Crippen LogP contribution in [-0.2, 0) is 14.3 Å². The maximum Gasteiger partial charge on any atom is 0.323 e. The Labute approximate surface area is 110 Å². The first-order valence-electron chi connectivity index (χ1n) is 6.70. The molecule has 2 unspecified atom stereocenters.